The van der Waals surface area contributed by atoms with E-state index in [0.717, 1.165) is 19.7 Å². The fraction of sp³-hybridized carbons (Fsp3) is 0.0769. The molecule has 0 heterocycles. The van der Waals surface area contributed by atoms with Gasteiger partial charge in [0.05, 0.1) is 0 Å². The molecule has 6 nitrogen and oxygen atoms in total. The van der Waals surface area contributed by atoms with Gasteiger partial charge in [-0.15, -0.1) is 0 Å². The molecule has 0 aliphatic heterocycles. The number of amides is 2. The summed E-state index contributed by atoms with van der Waals surface area (Å²) in [6.45, 7) is -0.246. The third-order valence-corrected chi connectivity index (χ3v) is 5.89. The van der Waals surface area contributed by atoms with Crippen LogP contribution in [0.3, 0.4) is 0 Å². The monoisotopic (exact) mass is 582 g/mol. The highest BCUT2D eigenvalue weighted by molar-refractivity contribution is 9.10. The summed E-state index contributed by atoms with van der Waals surface area (Å²) in [6, 6.07) is 25.5. The van der Waals surface area contributed by atoms with Gasteiger partial charge in [-0.3, -0.25) is 9.59 Å². The molecule has 0 radical (unpaired) electrons. The molecule has 0 aliphatic carbocycles. The summed E-state index contributed by atoms with van der Waals surface area (Å²) in [5.74, 6) is 0.638. The second-order valence-corrected chi connectivity index (χ2v) is 9.12. The topological polar surface area (TPSA) is 76.7 Å². The highest BCUT2D eigenvalue weighted by Crippen LogP contribution is 2.29. The van der Waals surface area contributed by atoms with E-state index in [9.17, 15) is 9.59 Å². The normalized spacial score (nSPS) is 10.5. The van der Waals surface area contributed by atoms with E-state index in [4.69, 9.17) is 9.47 Å². The number of hydrogen-bond donors (Lipinski definition) is 2. The Morgan fingerprint density at radius 1 is 0.588 bits per heavy atom. The summed E-state index contributed by atoms with van der Waals surface area (Å²) in [4.78, 5) is 24.9. The first-order valence-corrected chi connectivity index (χ1v) is 11.9. The van der Waals surface area contributed by atoms with Gasteiger partial charge < -0.3 is 20.1 Å². The summed E-state index contributed by atoms with van der Waals surface area (Å²) in [7, 11) is 0. The van der Waals surface area contributed by atoms with E-state index in [1.807, 2.05) is 60.7 Å². The Hall–Kier alpha value is -3.36. The van der Waals surface area contributed by atoms with E-state index in [1.165, 1.54) is 0 Å². The van der Waals surface area contributed by atoms with Crippen molar-refractivity contribution < 1.29 is 19.1 Å². The lowest BCUT2D eigenvalue weighted by Crippen LogP contribution is -2.21. The zero-order chi connectivity index (χ0) is 23.9. The van der Waals surface area contributed by atoms with Crippen molar-refractivity contribution in [1.82, 2.24) is 0 Å². The number of carbonyl (C=O) groups is 2. The van der Waals surface area contributed by atoms with E-state index >= 15 is 0 Å². The molecule has 0 fully saturated rings. The van der Waals surface area contributed by atoms with Crippen LogP contribution in [0, 0.1) is 0 Å². The van der Waals surface area contributed by atoms with E-state index in [0.29, 0.717) is 22.9 Å². The summed E-state index contributed by atoms with van der Waals surface area (Å²) in [5, 5.41) is 7.36. The SMILES string of the molecule is O=C(COc1ccc(Br)cc1)Nc1cccc2c(NC(=O)COc3ccc(Br)cc3)cccc12. The third-order valence-electron chi connectivity index (χ3n) is 4.84. The second-order valence-electron chi connectivity index (χ2n) is 7.29. The van der Waals surface area contributed by atoms with Gasteiger partial charge in [0.1, 0.15) is 11.5 Å². The number of halogens is 2. The van der Waals surface area contributed by atoms with Crippen molar-refractivity contribution in [3.05, 3.63) is 93.9 Å². The van der Waals surface area contributed by atoms with Crippen molar-refractivity contribution >= 4 is 65.8 Å². The number of benzene rings is 4. The minimum Gasteiger partial charge on any atom is -0.484 e. The Kier molecular flexibility index (Phi) is 7.82. The molecule has 4 aromatic carbocycles. The van der Waals surface area contributed by atoms with Crippen molar-refractivity contribution in [3.8, 4) is 11.5 Å². The first-order valence-electron chi connectivity index (χ1n) is 10.4. The maximum absolute atomic E-state index is 12.5. The largest absolute Gasteiger partial charge is 0.484 e. The predicted octanol–water partition coefficient (Wildman–Crippen LogP) is 6.40. The van der Waals surface area contributed by atoms with Crippen LogP contribution in [0.1, 0.15) is 0 Å². The van der Waals surface area contributed by atoms with Gasteiger partial charge >= 0.3 is 0 Å². The molecular weight excluding hydrogens is 564 g/mol. The molecule has 0 saturated heterocycles. The van der Waals surface area contributed by atoms with Gasteiger partial charge in [0.2, 0.25) is 0 Å². The van der Waals surface area contributed by atoms with Gasteiger partial charge in [-0.05, 0) is 60.7 Å². The molecule has 0 saturated carbocycles. The van der Waals surface area contributed by atoms with Gasteiger partial charge in [0.15, 0.2) is 13.2 Å². The number of hydrogen-bond acceptors (Lipinski definition) is 4. The average molecular weight is 584 g/mol. The smallest absolute Gasteiger partial charge is 0.262 e. The first kappa shape index (κ1) is 23.8. The lowest BCUT2D eigenvalue weighted by Gasteiger charge is -2.13. The Morgan fingerprint density at radius 3 is 1.35 bits per heavy atom. The van der Waals surface area contributed by atoms with Crippen molar-refractivity contribution in [3.63, 3.8) is 0 Å². The van der Waals surface area contributed by atoms with Crippen LogP contribution in [-0.2, 0) is 9.59 Å². The second kappa shape index (κ2) is 11.2. The molecule has 8 heteroatoms. The van der Waals surface area contributed by atoms with Crippen LogP contribution in [0.4, 0.5) is 11.4 Å². The van der Waals surface area contributed by atoms with Crippen LogP contribution < -0.4 is 20.1 Å². The van der Waals surface area contributed by atoms with Crippen LogP contribution in [-0.4, -0.2) is 25.0 Å². The summed E-state index contributed by atoms with van der Waals surface area (Å²) < 4.78 is 13.0. The van der Waals surface area contributed by atoms with Gasteiger partial charge in [-0.2, -0.15) is 0 Å². The number of nitrogens with one attached hydrogen (secondary N) is 2. The number of ether oxygens (including phenoxy) is 2. The van der Waals surface area contributed by atoms with E-state index in [1.54, 1.807) is 24.3 Å². The van der Waals surface area contributed by atoms with Crippen LogP contribution in [0.25, 0.3) is 10.8 Å². The molecule has 4 aromatic rings. The van der Waals surface area contributed by atoms with Crippen molar-refractivity contribution in [2.24, 2.45) is 0 Å². The van der Waals surface area contributed by atoms with Gasteiger partial charge in [-0.25, -0.2) is 0 Å². The quantitative estimate of drug-likeness (QED) is 0.252. The van der Waals surface area contributed by atoms with E-state index < -0.39 is 0 Å². The summed E-state index contributed by atoms with van der Waals surface area (Å²) in [5.41, 5.74) is 1.26. The molecule has 2 N–H and O–H groups in total. The fourth-order valence-corrected chi connectivity index (χ4v) is 3.79. The number of rotatable bonds is 8. The summed E-state index contributed by atoms with van der Waals surface area (Å²) >= 11 is 6.73. The number of carbonyl (C=O) groups excluding carboxylic acids is 2. The molecule has 0 spiro atoms. The molecule has 0 bridgehead atoms. The van der Waals surface area contributed by atoms with E-state index in [-0.39, 0.29) is 25.0 Å². The van der Waals surface area contributed by atoms with Crippen molar-refractivity contribution in [2.45, 2.75) is 0 Å². The Bertz CT molecular complexity index is 1210. The molecule has 172 valence electrons. The van der Waals surface area contributed by atoms with E-state index in [2.05, 4.69) is 42.5 Å². The van der Waals surface area contributed by atoms with Crippen molar-refractivity contribution in [1.29, 1.82) is 0 Å². The highest BCUT2D eigenvalue weighted by Gasteiger charge is 2.11. The Morgan fingerprint density at radius 2 is 0.971 bits per heavy atom. The average Bonchev–Trinajstić information content (AvgIpc) is 2.84. The molecule has 34 heavy (non-hydrogen) atoms. The van der Waals surface area contributed by atoms with Crippen molar-refractivity contribution in [2.75, 3.05) is 23.8 Å². The molecule has 4 rings (SSSR count). The molecule has 0 aliphatic rings. The van der Waals surface area contributed by atoms with Crippen LogP contribution >= 0.6 is 31.9 Å². The standard InChI is InChI=1S/C26H20Br2N2O4/c27-17-7-11-19(12-8-17)33-15-25(31)29-23-5-1-3-21-22(23)4-2-6-24(21)30-26(32)16-34-20-13-9-18(28)10-14-20/h1-14H,15-16H2,(H,29,31)(H,30,32). The Labute approximate surface area is 213 Å². The zero-order valence-corrected chi connectivity index (χ0v) is 21.1. The maximum atomic E-state index is 12.5. The van der Waals surface area contributed by atoms with Gasteiger partial charge in [0.25, 0.3) is 11.8 Å². The first-order chi connectivity index (χ1) is 16.5. The lowest BCUT2D eigenvalue weighted by molar-refractivity contribution is -0.118. The third kappa shape index (κ3) is 6.36. The summed E-state index contributed by atoms with van der Waals surface area (Å²) in [6.07, 6.45) is 0. The van der Waals surface area contributed by atoms with Crippen LogP contribution in [0.5, 0.6) is 11.5 Å². The van der Waals surface area contributed by atoms with Gasteiger partial charge in [-0.1, -0.05) is 56.1 Å². The number of fused-ring (bicyclic) bond motifs is 1. The maximum Gasteiger partial charge on any atom is 0.262 e. The lowest BCUT2D eigenvalue weighted by atomic mass is 10.1. The van der Waals surface area contributed by atoms with Gasteiger partial charge in [0, 0.05) is 31.1 Å². The number of anilines is 2. The minimum atomic E-state index is -0.284. The minimum absolute atomic E-state index is 0.123. The molecule has 0 unspecified atom stereocenters. The molecule has 2 amide bonds. The molecule has 0 aromatic heterocycles. The van der Waals surface area contributed by atoms with Crippen LogP contribution in [0.2, 0.25) is 0 Å². The van der Waals surface area contributed by atoms with Crippen LogP contribution in [0.15, 0.2) is 93.9 Å². The predicted molar refractivity (Wildman–Crippen MR) is 140 cm³/mol. The fourth-order valence-electron chi connectivity index (χ4n) is 3.26. The zero-order valence-electron chi connectivity index (χ0n) is 17.9. The molecular formula is C26H20Br2N2O4. The highest BCUT2D eigenvalue weighted by atomic mass is 79.9. The molecule has 0 atom stereocenters. The Balaban J connectivity index is 1.40.